The first-order chi connectivity index (χ1) is 55.8. The van der Waals surface area contributed by atoms with Crippen molar-refractivity contribution in [3.8, 4) is 11.5 Å². The predicted octanol–water partition coefficient (Wildman–Crippen LogP) is 9.49. The Morgan fingerprint density at radius 3 is 1.06 bits per heavy atom. The molecule has 4 aromatic carbocycles. The number of nitrogens with zero attached hydrogens (tertiary/aromatic N) is 8. The number of carboxylic acids is 1. The van der Waals surface area contributed by atoms with E-state index in [4.69, 9.17) is 88.5 Å². The van der Waals surface area contributed by atoms with Crippen LogP contribution in [-0.4, -0.2) is 286 Å². The number of phenolic OH excluding ortho intramolecular Hbond substituents is 1. The number of aromatic nitrogens is 6. The van der Waals surface area contributed by atoms with E-state index in [0.29, 0.717) is 144 Å². The Bertz CT molecular complexity index is 4190. The molecule has 2 saturated heterocycles. The normalized spacial score (nSPS) is 13.5. The summed E-state index contributed by atoms with van der Waals surface area (Å²) < 4.78 is 172. The van der Waals surface area contributed by atoms with Gasteiger partial charge in [-0.25, -0.2) is 37.5 Å². The van der Waals surface area contributed by atoms with Gasteiger partial charge in [0.15, 0.2) is 29.0 Å². The van der Waals surface area contributed by atoms with E-state index in [2.05, 4.69) is 88.5 Å². The number of rotatable bonds is 51. The number of unbranched alkanes of at least 4 members (excludes halogenated alkanes) is 2. The monoisotopic (exact) mass is 1630 g/mol. The van der Waals surface area contributed by atoms with Gasteiger partial charge in [-0.3, -0.25) is 19.4 Å². The zero-order chi connectivity index (χ0) is 82.1. The number of piperazine rings is 2. The van der Waals surface area contributed by atoms with E-state index >= 15 is 0 Å². The third-order valence-electron chi connectivity index (χ3n) is 18.1. The lowest BCUT2D eigenvalue weighted by molar-refractivity contribution is -0.138. The molecule has 2 fully saturated rings. The van der Waals surface area contributed by atoms with Gasteiger partial charge in [-0.1, -0.05) is 26.7 Å². The number of aliphatic carboxylic acids is 1. The molecule has 10 rings (SSSR count). The van der Waals surface area contributed by atoms with Gasteiger partial charge < -0.3 is 103 Å². The van der Waals surface area contributed by atoms with Crippen molar-refractivity contribution >= 4 is 78.8 Å². The summed E-state index contributed by atoms with van der Waals surface area (Å²) >= 11 is 0. The highest BCUT2D eigenvalue weighted by molar-refractivity contribution is 6.08. The van der Waals surface area contributed by atoms with Crippen LogP contribution in [0.15, 0.2) is 48.5 Å². The molecule has 37 heteroatoms. The molecule has 0 unspecified atom stereocenters. The van der Waals surface area contributed by atoms with Crippen molar-refractivity contribution in [3.05, 3.63) is 107 Å². The number of nitrogens with two attached hydrogens (primary N) is 2. The fourth-order valence-electron chi connectivity index (χ4n) is 11.8. The summed E-state index contributed by atoms with van der Waals surface area (Å²) in [7, 11) is 0. The Morgan fingerprint density at radius 2 is 0.730 bits per heavy atom. The van der Waals surface area contributed by atoms with E-state index in [1.807, 2.05) is 6.07 Å². The fraction of sp³-hybridized carbons (Fsp3) is 0.564. The number of carbonyl (C=O) groups is 2. The van der Waals surface area contributed by atoms with E-state index in [1.54, 1.807) is 0 Å². The number of benzene rings is 4. The van der Waals surface area contributed by atoms with Gasteiger partial charge in [0.2, 0.25) is 29.0 Å². The number of carbonyl (C=O) groups excluding carboxylic acids is 1. The lowest BCUT2D eigenvalue weighted by Crippen LogP contribution is -2.47. The van der Waals surface area contributed by atoms with E-state index in [-0.39, 0.29) is 51.4 Å². The van der Waals surface area contributed by atoms with Crippen molar-refractivity contribution < 1.29 is 117 Å². The van der Waals surface area contributed by atoms with Crippen LogP contribution in [0.4, 0.5) is 58.1 Å². The van der Waals surface area contributed by atoms with Crippen LogP contribution >= 0.6 is 0 Å². The van der Waals surface area contributed by atoms with Crippen molar-refractivity contribution in [2.24, 2.45) is 0 Å². The zero-order valence-electron chi connectivity index (χ0n) is 65.1. The lowest BCUT2D eigenvalue weighted by Gasteiger charge is -2.36. The maximum Gasteiger partial charge on any atom is 0.313 e. The molecule has 8 aromatic rings. The number of H-pyrrole nitrogens is 2. The molecular formula is C78H106F8N12O17. The van der Waals surface area contributed by atoms with Crippen LogP contribution in [0.3, 0.4) is 0 Å². The molecule has 115 heavy (non-hydrogen) atoms. The molecule has 8 N–H and O–H groups in total. The average molecular weight is 1640 g/mol. The summed E-state index contributed by atoms with van der Waals surface area (Å²) in [6.45, 7) is 23.6. The van der Waals surface area contributed by atoms with Crippen molar-refractivity contribution in [3.63, 3.8) is 0 Å². The van der Waals surface area contributed by atoms with Gasteiger partial charge in [0.25, 0.3) is 0 Å². The van der Waals surface area contributed by atoms with Crippen LogP contribution in [0, 0.1) is 46.5 Å². The number of nitrogen functional groups attached to an aromatic ring is 2. The standard InChI is InChI=1S/C39H52F4N6O8.C33H52N6O8.C6H2F4O/c1-2-3-4-32-46-36-28-25-27(5-6-31(28)45-39(44)37(36)47-32)49-10-8-48(9-11-49)12-14-52-16-18-54-20-22-56-24-23-55-21-19-53-17-15-51-13-7-33(50)57-38-34(42)29(40)26-30(41)35(38)43;1-2-3-4-29-36-31-27-25-26(5-6-28(27)35-33(34)32(31)37-29)39-10-8-38(9-11-39)12-14-43-16-18-45-20-22-47-24-23-46-21-19-44-17-15-42-13-7-30(40)41;7-2-1-3(8)5(10)6(11)4(2)9/h5-6,25-26H,2-4,7-24H2,1H3,(H2,44,45)(H,46,47);5-6,25H,2-4,7-24H2,1H3,(H2,34,35)(H,36,37)(H,40,41);1,11H. The number of nitrogens with one attached hydrogen (secondary N) is 2. The number of esters is 1. The Hall–Kier alpha value is -8.54. The highest BCUT2D eigenvalue weighted by Crippen LogP contribution is 2.33. The Labute approximate surface area is 661 Å². The number of anilines is 4. The molecule has 0 bridgehead atoms. The van der Waals surface area contributed by atoms with Crippen molar-refractivity contribution in [2.75, 3.05) is 245 Å². The lowest BCUT2D eigenvalue weighted by atomic mass is 10.1. The van der Waals surface area contributed by atoms with E-state index in [9.17, 15) is 44.7 Å². The number of ether oxygens (including phenoxy) is 13. The Morgan fingerprint density at radius 1 is 0.417 bits per heavy atom. The topological polar surface area (TPSA) is 343 Å². The molecule has 0 amide bonds. The second kappa shape index (κ2) is 50.8. The molecule has 6 heterocycles. The van der Waals surface area contributed by atoms with Crippen LogP contribution in [0.1, 0.15) is 64.0 Å². The number of aryl methyl sites for hydroxylation is 2. The van der Waals surface area contributed by atoms with Crippen LogP contribution in [0.5, 0.6) is 11.5 Å². The summed E-state index contributed by atoms with van der Waals surface area (Å²) in [6.07, 6.45) is 5.80. The number of aromatic hydroxyl groups is 1. The first kappa shape index (κ1) is 92.0. The smallest absolute Gasteiger partial charge is 0.313 e. The summed E-state index contributed by atoms with van der Waals surface area (Å²) in [4.78, 5) is 57.5. The third-order valence-corrected chi connectivity index (χ3v) is 18.1. The van der Waals surface area contributed by atoms with Crippen molar-refractivity contribution in [1.29, 1.82) is 0 Å². The van der Waals surface area contributed by atoms with Crippen LogP contribution in [0.25, 0.3) is 43.9 Å². The number of pyridine rings is 2. The van der Waals surface area contributed by atoms with Crippen LogP contribution < -0.4 is 26.0 Å². The van der Waals surface area contributed by atoms with Crippen LogP contribution in [0.2, 0.25) is 0 Å². The molecule has 2 aliphatic heterocycles. The maximum atomic E-state index is 13.6. The molecule has 0 spiro atoms. The minimum Gasteiger partial charge on any atom is -0.503 e. The SMILES string of the molecule is CCCCc1nc2c([nH]1)c(N)nc1ccc(N3CCN(CCOCCOCCOCCOCCOCCOCCC(=O)O)CC3)cc12.CCCCc1nc2c([nH]1)c(N)nc1ccc(N3CCN(CCOCCOCCOCCOCCOCCOCCC(=O)Oc4c(F)c(F)cc(F)c4F)CC3)cc12.Oc1c(F)c(F)cc(F)c1F. The average Bonchev–Trinajstić information content (AvgIpc) is 1.66. The van der Waals surface area contributed by atoms with Crippen LogP contribution in [-0.2, 0) is 79.3 Å². The van der Waals surface area contributed by atoms with Gasteiger partial charge in [0, 0.05) is 113 Å². The summed E-state index contributed by atoms with van der Waals surface area (Å²) in [5, 5.41) is 18.9. The quantitative estimate of drug-likeness (QED) is 0.00679. The largest absolute Gasteiger partial charge is 0.503 e. The second-order valence-electron chi connectivity index (χ2n) is 26.4. The number of hydrogen-bond donors (Lipinski definition) is 6. The van der Waals surface area contributed by atoms with Gasteiger partial charge in [0.05, 0.1) is 182 Å². The first-order valence-electron chi connectivity index (χ1n) is 38.6. The molecular weight excluding hydrogens is 1530 g/mol. The van der Waals surface area contributed by atoms with E-state index in [1.165, 1.54) is 5.69 Å². The van der Waals surface area contributed by atoms with Gasteiger partial charge in [0.1, 0.15) is 45.4 Å². The number of hydrogen-bond acceptors (Lipinski definition) is 26. The molecule has 29 nitrogen and oxygen atoms in total. The zero-order valence-corrected chi connectivity index (χ0v) is 65.1. The third kappa shape index (κ3) is 30.8. The Kier molecular flexibility index (Phi) is 40.7. The molecule has 0 saturated carbocycles. The van der Waals surface area contributed by atoms with Gasteiger partial charge >= 0.3 is 11.9 Å². The first-order valence-corrected chi connectivity index (χ1v) is 38.6. The summed E-state index contributed by atoms with van der Waals surface area (Å²) in [6, 6.07) is 12.8. The van der Waals surface area contributed by atoms with Crippen molar-refractivity contribution in [2.45, 2.75) is 65.2 Å². The summed E-state index contributed by atoms with van der Waals surface area (Å²) in [5.41, 5.74) is 20.0. The number of aromatic amines is 2. The molecule has 0 radical (unpaired) electrons. The minimum atomic E-state index is -1.79. The molecule has 636 valence electrons. The number of carboxylic acid groups (broad SMARTS) is 1. The highest BCUT2D eigenvalue weighted by Gasteiger charge is 2.25. The molecule has 0 aliphatic carbocycles. The summed E-state index contributed by atoms with van der Waals surface area (Å²) in [5.74, 6) is -15.9. The highest BCUT2D eigenvalue weighted by atomic mass is 19.2. The van der Waals surface area contributed by atoms with Gasteiger partial charge in [-0.05, 0) is 49.2 Å². The molecule has 2 aliphatic rings. The van der Waals surface area contributed by atoms with Gasteiger partial charge in [-0.2, -0.15) is 17.6 Å². The number of imidazole rings is 2. The number of halogens is 8. The Balaban J connectivity index is 0.000000257. The maximum absolute atomic E-state index is 13.6. The number of fused-ring (bicyclic) bond motifs is 6. The minimum absolute atomic E-state index is 0.00243. The molecule has 4 aromatic heterocycles. The van der Waals surface area contributed by atoms with Gasteiger partial charge in [-0.15, -0.1) is 0 Å². The molecule has 0 atom stereocenters. The predicted molar refractivity (Wildman–Crippen MR) is 413 cm³/mol. The van der Waals surface area contributed by atoms with E-state index < -0.39 is 70.0 Å². The second-order valence-corrected chi connectivity index (χ2v) is 26.4. The number of phenols is 1. The van der Waals surface area contributed by atoms with Crippen molar-refractivity contribution in [1.82, 2.24) is 39.7 Å². The fourth-order valence-corrected chi connectivity index (χ4v) is 11.8. The van der Waals surface area contributed by atoms with E-state index in [0.717, 1.165) is 165 Å².